The molecule has 156 valence electrons. The lowest BCUT2D eigenvalue weighted by molar-refractivity contribution is -0.137. The first-order valence-corrected chi connectivity index (χ1v) is 10.3. The molecule has 2 aromatic rings. The summed E-state index contributed by atoms with van der Waals surface area (Å²) < 4.78 is 39.4. The van der Waals surface area contributed by atoms with Crippen molar-refractivity contribution in [2.75, 3.05) is 29.9 Å². The Balaban J connectivity index is 1.66. The molecule has 1 aliphatic rings. The molecule has 5 nitrogen and oxygen atoms in total. The first-order chi connectivity index (χ1) is 13.8. The molecule has 0 unspecified atom stereocenters. The summed E-state index contributed by atoms with van der Waals surface area (Å²) >= 11 is 1.29. The molecule has 0 radical (unpaired) electrons. The summed E-state index contributed by atoms with van der Waals surface area (Å²) in [6.45, 7) is 1.58. The minimum Gasteiger partial charge on any atom is -0.370 e. The van der Waals surface area contributed by atoms with Gasteiger partial charge in [-0.3, -0.25) is 9.59 Å². The van der Waals surface area contributed by atoms with E-state index in [-0.39, 0.29) is 24.6 Å². The predicted molar refractivity (Wildman–Crippen MR) is 107 cm³/mol. The smallest absolute Gasteiger partial charge is 0.370 e. The maximum absolute atomic E-state index is 13.1. The van der Waals surface area contributed by atoms with Gasteiger partial charge in [0.1, 0.15) is 0 Å². The van der Waals surface area contributed by atoms with Crippen LogP contribution in [0.5, 0.6) is 0 Å². The molecule has 2 amide bonds. The highest BCUT2D eigenvalue weighted by Gasteiger charge is 2.31. The van der Waals surface area contributed by atoms with Crippen molar-refractivity contribution in [3.05, 3.63) is 46.2 Å². The number of benzene rings is 1. The zero-order valence-electron chi connectivity index (χ0n) is 15.7. The maximum Gasteiger partial charge on any atom is 0.416 e. The van der Waals surface area contributed by atoms with Crippen LogP contribution >= 0.6 is 11.3 Å². The number of amides is 2. The number of hydrogen-bond donors (Lipinski definition) is 2. The molecule has 0 bridgehead atoms. The van der Waals surface area contributed by atoms with Gasteiger partial charge in [-0.25, -0.2) is 0 Å². The van der Waals surface area contributed by atoms with E-state index in [4.69, 9.17) is 0 Å². The Labute approximate surface area is 170 Å². The molecule has 1 aliphatic heterocycles. The highest BCUT2D eigenvalue weighted by molar-refractivity contribution is 7.12. The molecule has 0 aliphatic carbocycles. The SMILES string of the molecule is O=C(CCNC(=O)c1cccs1)Nc1cc(C(F)(F)F)ccc1N1CCCCC1. The summed E-state index contributed by atoms with van der Waals surface area (Å²) in [6, 6.07) is 6.87. The summed E-state index contributed by atoms with van der Waals surface area (Å²) in [5.41, 5.74) is -0.0652. The first-order valence-electron chi connectivity index (χ1n) is 9.42. The van der Waals surface area contributed by atoms with Gasteiger partial charge in [0.15, 0.2) is 0 Å². The Kier molecular flexibility index (Phi) is 6.79. The van der Waals surface area contributed by atoms with E-state index >= 15 is 0 Å². The molecule has 1 aromatic carbocycles. The van der Waals surface area contributed by atoms with E-state index in [1.165, 1.54) is 17.4 Å². The van der Waals surface area contributed by atoms with Crippen LogP contribution in [0, 0.1) is 0 Å². The van der Waals surface area contributed by atoms with E-state index in [1.54, 1.807) is 17.5 Å². The molecular formula is C20H22F3N3O2S. The lowest BCUT2D eigenvalue weighted by Crippen LogP contribution is -2.31. The van der Waals surface area contributed by atoms with Gasteiger partial charge in [-0.2, -0.15) is 13.2 Å². The standard InChI is InChI=1S/C20H22F3N3O2S/c21-20(22,23)14-6-7-16(26-10-2-1-3-11-26)15(13-14)25-18(27)8-9-24-19(28)17-5-4-12-29-17/h4-7,12-13H,1-3,8-11H2,(H,24,28)(H,25,27). The number of rotatable bonds is 6. The van der Waals surface area contributed by atoms with Crippen LogP contribution < -0.4 is 15.5 Å². The second-order valence-corrected chi connectivity index (χ2v) is 7.76. The fraction of sp³-hybridized carbons (Fsp3) is 0.400. The Morgan fingerprint density at radius 2 is 1.86 bits per heavy atom. The van der Waals surface area contributed by atoms with Gasteiger partial charge in [0.25, 0.3) is 5.91 Å². The first kappa shape index (κ1) is 21.2. The third-order valence-corrected chi connectivity index (χ3v) is 5.55. The number of thiophene rings is 1. The molecular weight excluding hydrogens is 403 g/mol. The van der Waals surface area contributed by atoms with Crippen LogP contribution in [0.25, 0.3) is 0 Å². The van der Waals surface area contributed by atoms with Gasteiger partial charge in [-0.15, -0.1) is 11.3 Å². The van der Waals surface area contributed by atoms with Crippen LogP contribution in [0.1, 0.15) is 40.9 Å². The Bertz CT molecular complexity index is 847. The van der Waals surface area contributed by atoms with Gasteiger partial charge in [-0.05, 0) is 48.9 Å². The summed E-state index contributed by atoms with van der Waals surface area (Å²) in [7, 11) is 0. The molecule has 9 heteroatoms. The Hall–Kier alpha value is -2.55. The quantitative estimate of drug-likeness (QED) is 0.716. The molecule has 0 atom stereocenters. The molecule has 2 N–H and O–H groups in total. The van der Waals surface area contributed by atoms with Crippen LogP contribution in [0.15, 0.2) is 35.7 Å². The van der Waals surface area contributed by atoms with Crippen LogP contribution in [-0.2, 0) is 11.0 Å². The van der Waals surface area contributed by atoms with Gasteiger partial charge < -0.3 is 15.5 Å². The fourth-order valence-electron chi connectivity index (χ4n) is 3.22. The number of halogens is 3. The summed E-state index contributed by atoms with van der Waals surface area (Å²) in [6.07, 6.45) is -1.52. The average Bonchev–Trinajstić information content (AvgIpc) is 3.23. The van der Waals surface area contributed by atoms with Crippen molar-refractivity contribution in [3.8, 4) is 0 Å². The van der Waals surface area contributed by atoms with Crippen molar-refractivity contribution >= 4 is 34.5 Å². The highest BCUT2D eigenvalue weighted by Crippen LogP contribution is 2.36. The molecule has 1 aromatic heterocycles. The number of carbonyl (C=O) groups excluding carboxylic acids is 2. The van der Waals surface area contributed by atoms with Crippen molar-refractivity contribution in [1.29, 1.82) is 0 Å². The van der Waals surface area contributed by atoms with Crippen molar-refractivity contribution in [2.45, 2.75) is 31.9 Å². The minimum absolute atomic E-state index is 0.0349. The fourth-order valence-corrected chi connectivity index (χ4v) is 3.86. The predicted octanol–water partition coefficient (Wildman–Crippen LogP) is 4.52. The lowest BCUT2D eigenvalue weighted by atomic mass is 10.1. The normalized spacial score (nSPS) is 14.5. The van der Waals surface area contributed by atoms with Gasteiger partial charge in [-0.1, -0.05) is 6.07 Å². The third kappa shape index (κ3) is 5.72. The number of piperidine rings is 1. The number of hydrogen-bond acceptors (Lipinski definition) is 4. The van der Waals surface area contributed by atoms with Crippen molar-refractivity contribution in [1.82, 2.24) is 5.32 Å². The Morgan fingerprint density at radius 1 is 1.10 bits per heavy atom. The van der Waals surface area contributed by atoms with Crippen molar-refractivity contribution in [3.63, 3.8) is 0 Å². The van der Waals surface area contributed by atoms with Crippen LogP contribution in [-0.4, -0.2) is 31.4 Å². The monoisotopic (exact) mass is 425 g/mol. The summed E-state index contributed by atoms with van der Waals surface area (Å²) in [4.78, 5) is 26.7. The van der Waals surface area contributed by atoms with Gasteiger partial charge in [0, 0.05) is 26.1 Å². The molecule has 0 spiro atoms. The Morgan fingerprint density at radius 3 is 2.52 bits per heavy atom. The molecule has 29 heavy (non-hydrogen) atoms. The highest BCUT2D eigenvalue weighted by atomic mass is 32.1. The van der Waals surface area contributed by atoms with Crippen molar-refractivity contribution < 1.29 is 22.8 Å². The number of nitrogens with zero attached hydrogens (tertiary/aromatic N) is 1. The number of nitrogens with one attached hydrogen (secondary N) is 2. The molecule has 3 rings (SSSR count). The number of carbonyl (C=O) groups is 2. The van der Waals surface area contributed by atoms with Crippen LogP contribution in [0.2, 0.25) is 0 Å². The van der Waals surface area contributed by atoms with E-state index < -0.39 is 17.6 Å². The van der Waals surface area contributed by atoms with E-state index in [0.717, 1.165) is 44.5 Å². The topological polar surface area (TPSA) is 61.4 Å². The summed E-state index contributed by atoms with van der Waals surface area (Å²) in [5.74, 6) is -0.727. The van der Waals surface area contributed by atoms with Gasteiger partial charge in [0.2, 0.25) is 5.91 Å². The van der Waals surface area contributed by atoms with Crippen LogP contribution in [0.4, 0.5) is 24.5 Å². The summed E-state index contributed by atoms with van der Waals surface area (Å²) in [5, 5.41) is 7.01. The van der Waals surface area contributed by atoms with Crippen molar-refractivity contribution in [2.24, 2.45) is 0 Å². The largest absolute Gasteiger partial charge is 0.416 e. The van der Waals surface area contributed by atoms with E-state index in [2.05, 4.69) is 10.6 Å². The molecule has 1 saturated heterocycles. The average molecular weight is 425 g/mol. The zero-order chi connectivity index (χ0) is 20.9. The zero-order valence-corrected chi connectivity index (χ0v) is 16.5. The maximum atomic E-state index is 13.1. The van der Waals surface area contributed by atoms with E-state index in [9.17, 15) is 22.8 Å². The third-order valence-electron chi connectivity index (χ3n) is 4.68. The molecule has 2 heterocycles. The van der Waals surface area contributed by atoms with Crippen LogP contribution in [0.3, 0.4) is 0 Å². The molecule has 1 fully saturated rings. The second kappa shape index (κ2) is 9.30. The number of alkyl halides is 3. The van der Waals surface area contributed by atoms with E-state index in [1.807, 2.05) is 4.90 Å². The number of anilines is 2. The van der Waals surface area contributed by atoms with Gasteiger partial charge in [0.05, 0.1) is 21.8 Å². The minimum atomic E-state index is -4.49. The lowest BCUT2D eigenvalue weighted by Gasteiger charge is -2.31. The second-order valence-electron chi connectivity index (χ2n) is 6.81. The van der Waals surface area contributed by atoms with E-state index in [0.29, 0.717) is 10.6 Å². The van der Waals surface area contributed by atoms with Gasteiger partial charge >= 0.3 is 6.18 Å². The molecule has 0 saturated carbocycles.